The van der Waals surface area contributed by atoms with Crippen molar-refractivity contribution in [3.05, 3.63) is 29.8 Å². The fraction of sp³-hybridized carbons (Fsp3) is 0.571. The van der Waals surface area contributed by atoms with Crippen molar-refractivity contribution >= 4 is 0 Å². The van der Waals surface area contributed by atoms with Crippen LogP contribution < -0.4 is 10.5 Å². The number of unbranched alkanes of at least 4 members (excludes halogenated alkanes) is 1. The molecular weight excluding hydrogens is 236 g/mol. The SMILES string of the molecule is CC(C)(CN)CCCCOc1cc(F)cc(F)c1. The zero-order valence-electron chi connectivity index (χ0n) is 11.0. The highest BCUT2D eigenvalue weighted by atomic mass is 19.1. The van der Waals surface area contributed by atoms with Gasteiger partial charge >= 0.3 is 0 Å². The van der Waals surface area contributed by atoms with Gasteiger partial charge in [-0.25, -0.2) is 8.78 Å². The maximum atomic E-state index is 12.9. The molecule has 2 nitrogen and oxygen atoms in total. The average molecular weight is 257 g/mol. The van der Waals surface area contributed by atoms with Crippen LogP contribution in [-0.4, -0.2) is 13.2 Å². The maximum absolute atomic E-state index is 12.9. The van der Waals surface area contributed by atoms with Gasteiger partial charge in [-0.05, 0) is 31.2 Å². The molecule has 0 aromatic heterocycles. The first kappa shape index (κ1) is 14.9. The van der Waals surface area contributed by atoms with E-state index < -0.39 is 11.6 Å². The molecule has 0 heterocycles. The molecule has 0 spiro atoms. The second kappa shape index (κ2) is 6.69. The van der Waals surface area contributed by atoms with E-state index in [9.17, 15) is 8.78 Å². The van der Waals surface area contributed by atoms with E-state index in [-0.39, 0.29) is 11.2 Å². The molecule has 0 aliphatic heterocycles. The van der Waals surface area contributed by atoms with Gasteiger partial charge in [0.2, 0.25) is 0 Å². The second-order valence-electron chi connectivity index (χ2n) is 5.28. The lowest BCUT2D eigenvalue weighted by atomic mass is 9.87. The molecule has 0 atom stereocenters. The van der Waals surface area contributed by atoms with Gasteiger partial charge in [0.05, 0.1) is 6.61 Å². The van der Waals surface area contributed by atoms with Crippen LogP contribution in [0.5, 0.6) is 5.75 Å². The summed E-state index contributed by atoms with van der Waals surface area (Å²) in [6.45, 7) is 5.36. The molecule has 0 radical (unpaired) electrons. The molecule has 0 saturated carbocycles. The maximum Gasteiger partial charge on any atom is 0.129 e. The van der Waals surface area contributed by atoms with E-state index >= 15 is 0 Å². The van der Waals surface area contributed by atoms with Gasteiger partial charge in [0, 0.05) is 18.2 Å². The third kappa shape index (κ3) is 5.45. The van der Waals surface area contributed by atoms with E-state index in [0.717, 1.165) is 25.3 Å². The largest absolute Gasteiger partial charge is 0.493 e. The molecule has 0 unspecified atom stereocenters. The first-order valence-corrected chi connectivity index (χ1v) is 6.22. The number of rotatable bonds is 7. The lowest BCUT2D eigenvalue weighted by molar-refractivity contribution is 0.277. The van der Waals surface area contributed by atoms with Crippen molar-refractivity contribution < 1.29 is 13.5 Å². The normalized spacial score (nSPS) is 11.6. The Kier molecular flexibility index (Phi) is 5.54. The van der Waals surface area contributed by atoms with Crippen molar-refractivity contribution in [3.63, 3.8) is 0 Å². The van der Waals surface area contributed by atoms with E-state index in [2.05, 4.69) is 13.8 Å². The Bertz CT molecular complexity index is 360. The van der Waals surface area contributed by atoms with Gasteiger partial charge in [0.1, 0.15) is 17.4 Å². The average Bonchev–Trinajstić information content (AvgIpc) is 2.27. The van der Waals surface area contributed by atoms with Gasteiger partial charge in [0.25, 0.3) is 0 Å². The minimum Gasteiger partial charge on any atom is -0.493 e. The van der Waals surface area contributed by atoms with Crippen LogP contribution in [0.3, 0.4) is 0 Å². The van der Waals surface area contributed by atoms with Crippen LogP contribution in [-0.2, 0) is 0 Å². The van der Waals surface area contributed by atoms with E-state index in [0.29, 0.717) is 13.2 Å². The number of nitrogens with two attached hydrogens (primary N) is 1. The van der Waals surface area contributed by atoms with Gasteiger partial charge in [0.15, 0.2) is 0 Å². The predicted molar refractivity (Wildman–Crippen MR) is 68.5 cm³/mol. The molecule has 1 aromatic carbocycles. The molecule has 0 aliphatic carbocycles. The van der Waals surface area contributed by atoms with E-state index in [4.69, 9.17) is 10.5 Å². The number of halogens is 2. The van der Waals surface area contributed by atoms with Crippen molar-refractivity contribution in [3.8, 4) is 5.75 Å². The number of ether oxygens (including phenoxy) is 1. The Balaban J connectivity index is 2.26. The van der Waals surface area contributed by atoms with Crippen LogP contribution in [0, 0.1) is 17.0 Å². The van der Waals surface area contributed by atoms with E-state index in [1.54, 1.807) is 0 Å². The van der Waals surface area contributed by atoms with Gasteiger partial charge in [-0.1, -0.05) is 13.8 Å². The van der Waals surface area contributed by atoms with Crippen molar-refractivity contribution in [2.24, 2.45) is 11.1 Å². The summed E-state index contributed by atoms with van der Waals surface area (Å²) in [7, 11) is 0. The van der Waals surface area contributed by atoms with Crippen LogP contribution in [0.2, 0.25) is 0 Å². The monoisotopic (exact) mass is 257 g/mol. The molecule has 1 aromatic rings. The zero-order valence-corrected chi connectivity index (χ0v) is 11.0. The molecule has 1 rings (SSSR count). The third-order valence-electron chi connectivity index (χ3n) is 2.91. The molecule has 0 saturated heterocycles. The number of benzene rings is 1. The standard InChI is InChI=1S/C14H21F2NO/c1-14(2,10-17)5-3-4-6-18-13-8-11(15)7-12(16)9-13/h7-9H,3-6,10,17H2,1-2H3. The van der Waals surface area contributed by atoms with Crippen LogP contribution in [0.1, 0.15) is 33.1 Å². The molecule has 2 N–H and O–H groups in total. The summed E-state index contributed by atoms with van der Waals surface area (Å²) in [5.74, 6) is -0.992. The minimum atomic E-state index is -0.616. The molecule has 0 amide bonds. The number of hydrogen-bond donors (Lipinski definition) is 1. The molecule has 0 aliphatic rings. The Morgan fingerprint density at radius 3 is 2.28 bits per heavy atom. The fourth-order valence-electron chi connectivity index (χ4n) is 1.61. The quantitative estimate of drug-likeness (QED) is 0.759. The van der Waals surface area contributed by atoms with Crippen molar-refractivity contribution in [2.45, 2.75) is 33.1 Å². The fourth-order valence-corrected chi connectivity index (χ4v) is 1.61. The molecule has 0 bridgehead atoms. The summed E-state index contributed by atoms with van der Waals surface area (Å²) in [5, 5.41) is 0. The Labute approximate surface area is 107 Å². The zero-order chi connectivity index (χ0) is 13.6. The highest BCUT2D eigenvalue weighted by Gasteiger charge is 2.14. The lowest BCUT2D eigenvalue weighted by Gasteiger charge is -2.21. The Hall–Kier alpha value is -1.16. The Morgan fingerprint density at radius 1 is 1.11 bits per heavy atom. The van der Waals surface area contributed by atoms with Gasteiger partial charge in [-0.3, -0.25) is 0 Å². The Morgan fingerprint density at radius 2 is 1.72 bits per heavy atom. The lowest BCUT2D eigenvalue weighted by Crippen LogP contribution is -2.23. The van der Waals surface area contributed by atoms with Gasteiger partial charge in [-0.2, -0.15) is 0 Å². The van der Waals surface area contributed by atoms with Crippen LogP contribution in [0.15, 0.2) is 18.2 Å². The second-order valence-corrected chi connectivity index (χ2v) is 5.28. The topological polar surface area (TPSA) is 35.2 Å². The highest BCUT2D eigenvalue weighted by molar-refractivity contribution is 5.23. The first-order valence-electron chi connectivity index (χ1n) is 6.22. The summed E-state index contributed by atoms with van der Waals surface area (Å²) in [4.78, 5) is 0. The van der Waals surface area contributed by atoms with Gasteiger partial charge in [-0.15, -0.1) is 0 Å². The summed E-state index contributed by atoms with van der Waals surface area (Å²) < 4.78 is 31.0. The summed E-state index contributed by atoms with van der Waals surface area (Å²) in [5.41, 5.74) is 5.77. The van der Waals surface area contributed by atoms with E-state index in [1.807, 2.05) is 0 Å². The van der Waals surface area contributed by atoms with Gasteiger partial charge < -0.3 is 10.5 Å². The predicted octanol–water partition coefficient (Wildman–Crippen LogP) is 3.50. The summed E-state index contributed by atoms with van der Waals surface area (Å²) >= 11 is 0. The van der Waals surface area contributed by atoms with Crippen LogP contribution in [0.25, 0.3) is 0 Å². The molecular formula is C14H21F2NO. The van der Waals surface area contributed by atoms with Crippen molar-refractivity contribution in [2.75, 3.05) is 13.2 Å². The van der Waals surface area contributed by atoms with E-state index in [1.165, 1.54) is 12.1 Å². The summed E-state index contributed by atoms with van der Waals surface area (Å²) in [6, 6.07) is 3.20. The summed E-state index contributed by atoms with van der Waals surface area (Å²) in [6.07, 6.45) is 2.86. The minimum absolute atomic E-state index is 0.144. The molecule has 4 heteroatoms. The third-order valence-corrected chi connectivity index (χ3v) is 2.91. The molecule has 0 fully saturated rings. The molecule has 18 heavy (non-hydrogen) atoms. The smallest absolute Gasteiger partial charge is 0.129 e. The van der Waals surface area contributed by atoms with Crippen LogP contribution in [0.4, 0.5) is 8.78 Å². The van der Waals surface area contributed by atoms with Crippen molar-refractivity contribution in [1.29, 1.82) is 0 Å². The number of hydrogen-bond acceptors (Lipinski definition) is 2. The van der Waals surface area contributed by atoms with Crippen molar-refractivity contribution in [1.82, 2.24) is 0 Å². The highest BCUT2D eigenvalue weighted by Crippen LogP contribution is 2.21. The first-order chi connectivity index (χ1) is 8.43. The van der Waals surface area contributed by atoms with Crippen LogP contribution >= 0.6 is 0 Å². The molecule has 102 valence electrons.